The quantitative estimate of drug-likeness (QED) is 0.297. The molecule has 0 aliphatic heterocycles. The first kappa shape index (κ1) is 8.85. The van der Waals surface area contributed by atoms with E-state index in [0.717, 1.165) is 6.26 Å². The Morgan fingerprint density at radius 3 is 1.75 bits per heavy atom. The Bertz CT molecular complexity index is 29.5. The van der Waals surface area contributed by atoms with Crippen LogP contribution in [0.15, 0.2) is 0 Å². The standard InChI is InChI=1S/CHNO.Na.H/c2-1-3;;/h3H;;. The topological polar surface area (TPSA) is 44.0 Å². The number of rotatable bonds is 0. The summed E-state index contributed by atoms with van der Waals surface area (Å²) in [6, 6.07) is 0. The van der Waals surface area contributed by atoms with Crippen LogP contribution in [-0.4, -0.2) is 34.7 Å². The summed E-state index contributed by atoms with van der Waals surface area (Å²) >= 11 is 0. The molecular formula is CH2NNaO. The summed E-state index contributed by atoms with van der Waals surface area (Å²) < 4.78 is 0. The van der Waals surface area contributed by atoms with Gasteiger partial charge in [-0.2, -0.15) is 5.26 Å². The summed E-state index contributed by atoms with van der Waals surface area (Å²) in [6.45, 7) is 0. The molecule has 0 rings (SSSR count). The van der Waals surface area contributed by atoms with Gasteiger partial charge in [-0.15, -0.1) is 0 Å². The molecule has 0 aliphatic carbocycles. The van der Waals surface area contributed by atoms with Gasteiger partial charge in [0.2, 0.25) is 0 Å². The molecule has 4 heavy (non-hydrogen) atoms. The molecule has 3 heteroatoms. The minimum absolute atomic E-state index is 0. The van der Waals surface area contributed by atoms with Crippen molar-refractivity contribution in [3.63, 3.8) is 0 Å². The van der Waals surface area contributed by atoms with Gasteiger partial charge in [-0.1, -0.05) is 0 Å². The van der Waals surface area contributed by atoms with E-state index >= 15 is 0 Å². The number of aliphatic hydroxyl groups is 1. The second kappa shape index (κ2) is 10.4. The summed E-state index contributed by atoms with van der Waals surface area (Å²) in [7, 11) is 0. The van der Waals surface area contributed by atoms with Crippen LogP contribution >= 0.6 is 0 Å². The van der Waals surface area contributed by atoms with Gasteiger partial charge in [-0.3, -0.25) is 0 Å². The molecule has 0 heterocycles. The molecule has 0 aromatic rings. The van der Waals surface area contributed by atoms with Crippen molar-refractivity contribution in [1.29, 1.82) is 5.26 Å². The van der Waals surface area contributed by atoms with Crippen molar-refractivity contribution in [2.24, 2.45) is 0 Å². The maximum absolute atomic E-state index is 6.88. The normalized spacial score (nSPS) is 1.75. The van der Waals surface area contributed by atoms with Crippen molar-refractivity contribution >= 4 is 29.6 Å². The molecule has 0 atom stereocenters. The molecule has 0 aliphatic rings. The third-order valence-corrected chi connectivity index (χ3v) is 0. The molecule has 0 saturated carbocycles. The van der Waals surface area contributed by atoms with Gasteiger partial charge < -0.3 is 5.11 Å². The van der Waals surface area contributed by atoms with Gasteiger partial charge >= 0.3 is 29.6 Å². The summed E-state index contributed by atoms with van der Waals surface area (Å²) in [4.78, 5) is 0. The van der Waals surface area contributed by atoms with Crippen LogP contribution < -0.4 is 0 Å². The van der Waals surface area contributed by atoms with E-state index in [-0.39, 0.29) is 29.6 Å². The van der Waals surface area contributed by atoms with E-state index in [9.17, 15) is 0 Å². The van der Waals surface area contributed by atoms with Crippen LogP contribution in [0.25, 0.3) is 0 Å². The molecule has 2 nitrogen and oxygen atoms in total. The summed E-state index contributed by atoms with van der Waals surface area (Å²) in [5, 5.41) is 13.8. The van der Waals surface area contributed by atoms with E-state index in [2.05, 4.69) is 0 Å². The van der Waals surface area contributed by atoms with Gasteiger partial charge in [0.15, 0.2) is 0 Å². The van der Waals surface area contributed by atoms with E-state index in [1.165, 1.54) is 0 Å². The van der Waals surface area contributed by atoms with E-state index in [4.69, 9.17) is 10.4 Å². The number of nitriles is 1. The molecule has 0 amide bonds. The van der Waals surface area contributed by atoms with Crippen molar-refractivity contribution < 1.29 is 5.11 Å². The molecule has 0 aromatic carbocycles. The van der Waals surface area contributed by atoms with Crippen LogP contribution in [0.4, 0.5) is 0 Å². The van der Waals surface area contributed by atoms with Crippen LogP contribution in [0, 0.1) is 11.5 Å². The Balaban J connectivity index is 0. The summed E-state index contributed by atoms with van der Waals surface area (Å²) in [6.07, 6.45) is 0.750. The van der Waals surface area contributed by atoms with Gasteiger partial charge in [-0.05, 0) is 0 Å². The first-order valence-electron chi connectivity index (χ1n) is 0.447. The Morgan fingerprint density at radius 1 is 1.75 bits per heavy atom. The summed E-state index contributed by atoms with van der Waals surface area (Å²) in [5.41, 5.74) is 0. The second-order valence-electron chi connectivity index (χ2n) is 0.100. The number of nitrogens with zero attached hydrogens (tertiary/aromatic N) is 1. The monoisotopic (exact) mass is 67.0 g/mol. The van der Waals surface area contributed by atoms with Gasteiger partial charge in [0, 0.05) is 0 Å². The predicted octanol–water partition coefficient (Wildman–Crippen LogP) is -0.809. The molecule has 0 fully saturated rings. The van der Waals surface area contributed by atoms with E-state index < -0.39 is 0 Å². The molecule has 0 radical (unpaired) electrons. The zero-order valence-electron chi connectivity index (χ0n) is 1.39. The van der Waals surface area contributed by atoms with Crippen LogP contribution in [0.3, 0.4) is 0 Å². The van der Waals surface area contributed by atoms with Gasteiger partial charge in [0.1, 0.15) is 0 Å². The first-order valence-corrected chi connectivity index (χ1v) is 0.447. The summed E-state index contributed by atoms with van der Waals surface area (Å²) in [5.74, 6) is 0. The second-order valence-corrected chi connectivity index (χ2v) is 0.100. The fourth-order valence-corrected chi connectivity index (χ4v) is 0. The third-order valence-electron chi connectivity index (χ3n) is 0. The van der Waals surface area contributed by atoms with Crippen molar-refractivity contribution in [3.8, 4) is 6.26 Å². The Labute approximate surface area is 46.3 Å². The molecule has 0 unspecified atom stereocenters. The number of hydrogen-bond acceptors (Lipinski definition) is 2. The maximum atomic E-state index is 6.88. The van der Waals surface area contributed by atoms with Gasteiger partial charge in [-0.25, -0.2) is 0 Å². The zero-order chi connectivity index (χ0) is 2.71. The Morgan fingerprint density at radius 2 is 1.75 bits per heavy atom. The first-order chi connectivity index (χ1) is 1.41. The average molecular weight is 67.0 g/mol. The van der Waals surface area contributed by atoms with Crippen molar-refractivity contribution in [2.45, 2.75) is 0 Å². The van der Waals surface area contributed by atoms with Crippen molar-refractivity contribution in [1.82, 2.24) is 0 Å². The van der Waals surface area contributed by atoms with Crippen molar-refractivity contribution in [3.05, 3.63) is 0 Å². The van der Waals surface area contributed by atoms with Crippen molar-refractivity contribution in [2.75, 3.05) is 0 Å². The molecular weight excluding hydrogens is 65.0 g/mol. The van der Waals surface area contributed by atoms with E-state index in [0.29, 0.717) is 0 Å². The molecule has 0 saturated heterocycles. The SMILES string of the molecule is N#CO.[NaH]. The van der Waals surface area contributed by atoms with Crippen LogP contribution in [0.2, 0.25) is 0 Å². The molecule has 18 valence electrons. The van der Waals surface area contributed by atoms with Gasteiger partial charge in [0.05, 0.1) is 0 Å². The van der Waals surface area contributed by atoms with Crippen LogP contribution in [0.5, 0.6) is 0 Å². The third kappa shape index (κ3) is 45.3. The average Bonchev–Trinajstić information content (AvgIpc) is 0.918. The minimum atomic E-state index is 0. The Hall–Kier alpha value is 0.290. The fraction of sp³-hybridized carbons (Fsp3) is 0. The molecule has 0 spiro atoms. The van der Waals surface area contributed by atoms with Crippen LogP contribution in [-0.2, 0) is 0 Å². The molecule has 1 N–H and O–H groups in total. The predicted molar refractivity (Wildman–Crippen MR) is 14.7 cm³/mol. The molecule has 0 bridgehead atoms. The van der Waals surface area contributed by atoms with E-state index in [1.54, 1.807) is 0 Å². The zero-order valence-corrected chi connectivity index (χ0v) is 1.39. The van der Waals surface area contributed by atoms with E-state index in [1.807, 2.05) is 0 Å². The van der Waals surface area contributed by atoms with Crippen LogP contribution in [0.1, 0.15) is 0 Å². The molecule has 0 aromatic heterocycles. The van der Waals surface area contributed by atoms with Gasteiger partial charge in [0.25, 0.3) is 6.26 Å². The Kier molecular flexibility index (Phi) is 23.0. The number of aliphatic hydroxyl groups excluding tert-OH is 1. The number of hydrogen-bond donors (Lipinski definition) is 1. The fourth-order valence-electron chi connectivity index (χ4n) is 0.